The molecule has 0 radical (unpaired) electrons. The average Bonchev–Trinajstić information content (AvgIpc) is 2.90. The third-order valence-corrected chi connectivity index (χ3v) is 5.38. The van der Waals surface area contributed by atoms with Crippen LogP contribution < -0.4 is 10.6 Å². The Balaban J connectivity index is 1.57. The van der Waals surface area contributed by atoms with E-state index in [1.165, 1.54) is 0 Å². The molecule has 0 bridgehead atoms. The number of amides is 2. The fourth-order valence-electron chi connectivity index (χ4n) is 2.45. The van der Waals surface area contributed by atoms with E-state index in [4.69, 9.17) is 0 Å². The van der Waals surface area contributed by atoms with Gasteiger partial charge in [-0.15, -0.1) is 0 Å². The van der Waals surface area contributed by atoms with Crippen molar-refractivity contribution in [1.29, 1.82) is 0 Å². The summed E-state index contributed by atoms with van der Waals surface area (Å²) in [6.07, 6.45) is 0. The maximum atomic E-state index is 12.1. The van der Waals surface area contributed by atoms with E-state index in [2.05, 4.69) is 26.6 Å². The number of nitrogens with one attached hydrogen (secondary N) is 2. The van der Waals surface area contributed by atoms with Crippen LogP contribution in [-0.4, -0.2) is 21.8 Å². The van der Waals surface area contributed by atoms with Crippen LogP contribution in [0.15, 0.2) is 46.9 Å². The Bertz CT molecular complexity index is 821. The Morgan fingerprint density at radius 2 is 1.96 bits per heavy atom. The van der Waals surface area contributed by atoms with Crippen LogP contribution in [-0.2, 0) is 27.9 Å². The Labute approximate surface area is 150 Å². The number of rotatable bonds is 5. The predicted molar refractivity (Wildman–Crippen MR) is 97.1 cm³/mol. The first-order valence-electron chi connectivity index (χ1n) is 7.31. The summed E-state index contributed by atoms with van der Waals surface area (Å²) in [5.41, 5.74) is 2.94. The van der Waals surface area contributed by atoms with Crippen LogP contribution in [0.2, 0.25) is 0 Å². The topological polar surface area (TPSA) is 75.3 Å². The van der Waals surface area contributed by atoms with Crippen molar-refractivity contribution < 1.29 is 13.8 Å². The zero-order chi connectivity index (χ0) is 17.1. The maximum Gasteiger partial charge on any atom is 0.251 e. The van der Waals surface area contributed by atoms with Gasteiger partial charge in [0.15, 0.2) is 0 Å². The van der Waals surface area contributed by atoms with Crippen molar-refractivity contribution in [2.45, 2.75) is 12.3 Å². The highest BCUT2D eigenvalue weighted by molar-refractivity contribution is 9.10. The highest BCUT2D eigenvalue weighted by Gasteiger charge is 2.19. The number of anilines is 1. The van der Waals surface area contributed by atoms with E-state index < -0.39 is 10.8 Å². The maximum absolute atomic E-state index is 12.1. The van der Waals surface area contributed by atoms with Gasteiger partial charge in [0.2, 0.25) is 5.91 Å². The number of fused-ring (bicyclic) bond motifs is 1. The van der Waals surface area contributed by atoms with Gasteiger partial charge < -0.3 is 10.6 Å². The molecular weight excluding hydrogens is 392 g/mol. The van der Waals surface area contributed by atoms with Gasteiger partial charge in [-0.2, -0.15) is 0 Å². The Morgan fingerprint density at radius 1 is 1.21 bits per heavy atom. The molecule has 2 aromatic carbocycles. The molecule has 0 aromatic heterocycles. The number of hydrogen-bond acceptors (Lipinski definition) is 3. The Hall–Kier alpha value is -1.99. The number of carbonyl (C=O) groups is 2. The van der Waals surface area contributed by atoms with Crippen molar-refractivity contribution in [3.05, 3.63) is 63.6 Å². The molecule has 1 aliphatic heterocycles. The van der Waals surface area contributed by atoms with Crippen molar-refractivity contribution in [2.75, 3.05) is 11.1 Å². The average molecular weight is 407 g/mol. The first-order valence-corrected chi connectivity index (χ1v) is 9.60. The van der Waals surface area contributed by atoms with E-state index in [9.17, 15) is 13.8 Å². The summed E-state index contributed by atoms with van der Waals surface area (Å²) in [5.74, 6) is -0.226. The van der Waals surface area contributed by atoms with Crippen molar-refractivity contribution in [3.63, 3.8) is 0 Å². The summed E-state index contributed by atoms with van der Waals surface area (Å²) in [6, 6.07) is 12.7. The second kappa shape index (κ2) is 7.27. The lowest BCUT2D eigenvalue weighted by Crippen LogP contribution is -2.20. The lowest BCUT2D eigenvalue weighted by Gasteiger charge is -2.07. The molecule has 0 spiro atoms. The van der Waals surface area contributed by atoms with E-state index in [0.717, 1.165) is 15.6 Å². The molecule has 24 heavy (non-hydrogen) atoms. The number of hydrogen-bond donors (Lipinski definition) is 2. The molecule has 2 amide bonds. The van der Waals surface area contributed by atoms with Gasteiger partial charge in [-0.1, -0.05) is 34.1 Å². The second-order valence-electron chi connectivity index (χ2n) is 5.46. The highest BCUT2D eigenvalue weighted by atomic mass is 79.9. The largest absolute Gasteiger partial charge is 0.348 e. The standard InChI is InChI=1S/C17H15BrN2O3S/c18-13-4-1-11(2-5-13)9-24(23)10-16(21)20-14-6-3-12-8-19-17(22)15(12)7-14/h1-7H,8-10H2,(H,19,22)(H,20,21). The van der Waals surface area contributed by atoms with Crippen LogP contribution in [0.1, 0.15) is 21.5 Å². The molecule has 124 valence electrons. The minimum Gasteiger partial charge on any atom is -0.348 e. The molecule has 0 saturated heterocycles. The minimum absolute atomic E-state index is 0.0840. The van der Waals surface area contributed by atoms with E-state index in [-0.39, 0.29) is 17.6 Å². The zero-order valence-electron chi connectivity index (χ0n) is 12.7. The molecule has 0 aliphatic carbocycles. The molecule has 3 rings (SSSR count). The molecule has 1 unspecified atom stereocenters. The molecule has 2 N–H and O–H groups in total. The first kappa shape index (κ1) is 16.9. The van der Waals surface area contributed by atoms with Gasteiger partial charge in [0.25, 0.3) is 5.91 Å². The molecular formula is C17H15BrN2O3S. The fourth-order valence-corrected chi connectivity index (χ4v) is 3.75. The van der Waals surface area contributed by atoms with Gasteiger partial charge in [-0.05, 0) is 35.4 Å². The summed E-state index contributed by atoms with van der Waals surface area (Å²) in [6.45, 7) is 0.513. The molecule has 1 heterocycles. The molecule has 5 nitrogen and oxygen atoms in total. The third kappa shape index (κ3) is 4.10. The summed E-state index contributed by atoms with van der Waals surface area (Å²) >= 11 is 3.35. The number of halogens is 1. The van der Waals surface area contributed by atoms with Crippen molar-refractivity contribution >= 4 is 44.2 Å². The molecule has 1 atom stereocenters. The normalized spacial score (nSPS) is 14.0. The van der Waals surface area contributed by atoms with Crippen molar-refractivity contribution in [2.24, 2.45) is 0 Å². The van der Waals surface area contributed by atoms with Crippen molar-refractivity contribution in [3.8, 4) is 0 Å². The summed E-state index contributed by atoms with van der Waals surface area (Å²) in [5, 5.41) is 5.42. The quantitative estimate of drug-likeness (QED) is 0.800. The van der Waals surface area contributed by atoms with Crippen LogP contribution >= 0.6 is 15.9 Å². The van der Waals surface area contributed by atoms with E-state index in [0.29, 0.717) is 23.5 Å². The molecule has 0 saturated carbocycles. The zero-order valence-corrected chi connectivity index (χ0v) is 15.1. The molecule has 2 aromatic rings. The second-order valence-corrected chi connectivity index (χ2v) is 7.83. The monoisotopic (exact) mass is 406 g/mol. The highest BCUT2D eigenvalue weighted by Crippen LogP contribution is 2.20. The van der Waals surface area contributed by atoms with Crippen LogP contribution in [0, 0.1) is 0 Å². The first-order chi connectivity index (χ1) is 11.5. The van der Waals surface area contributed by atoms with Gasteiger partial charge >= 0.3 is 0 Å². The number of carbonyl (C=O) groups excluding carboxylic acids is 2. The van der Waals surface area contributed by atoms with E-state index >= 15 is 0 Å². The summed E-state index contributed by atoms with van der Waals surface area (Å²) in [4.78, 5) is 23.7. The summed E-state index contributed by atoms with van der Waals surface area (Å²) < 4.78 is 13.1. The van der Waals surface area contributed by atoms with E-state index in [1.54, 1.807) is 12.1 Å². The number of benzene rings is 2. The van der Waals surface area contributed by atoms with Crippen LogP contribution in [0.25, 0.3) is 0 Å². The van der Waals surface area contributed by atoms with Crippen LogP contribution in [0.5, 0.6) is 0 Å². The Kier molecular flexibility index (Phi) is 5.11. The lowest BCUT2D eigenvalue weighted by molar-refractivity contribution is -0.113. The van der Waals surface area contributed by atoms with Gasteiger partial charge in [0, 0.05) is 38.8 Å². The minimum atomic E-state index is -1.29. The van der Waals surface area contributed by atoms with Crippen molar-refractivity contribution in [1.82, 2.24) is 5.32 Å². The fraction of sp³-hybridized carbons (Fsp3) is 0.176. The van der Waals surface area contributed by atoms with E-state index in [1.807, 2.05) is 30.3 Å². The predicted octanol–water partition coefficient (Wildman–Crippen LogP) is 2.58. The Morgan fingerprint density at radius 3 is 2.71 bits per heavy atom. The van der Waals surface area contributed by atoms with Gasteiger partial charge in [0.05, 0.1) is 0 Å². The smallest absolute Gasteiger partial charge is 0.251 e. The molecule has 0 fully saturated rings. The summed E-state index contributed by atoms with van der Waals surface area (Å²) in [7, 11) is -1.29. The molecule has 7 heteroatoms. The van der Waals surface area contributed by atoms with Gasteiger partial charge in [-0.3, -0.25) is 13.8 Å². The van der Waals surface area contributed by atoms with Gasteiger partial charge in [-0.25, -0.2) is 0 Å². The molecule has 1 aliphatic rings. The van der Waals surface area contributed by atoms with Crippen LogP contribution in [0.3, 0.4) is 0 Å². The third-order valence-electron chi connectivity index (χ3n) is 3.61. The van der Waals surface area contributed by atoms with Gasteiger partial charge in [0.1, 0.15) is 5.75 Å². The SMILES string of the molecule is O=C(CS(=O)Cc1ccc(Br)cc1)Nc1ccc2c(c1)C(=O)NC2. The lowest BCUT2D eigenvalue weighted by atomic mass is 10.1. The van der Waals surface area contributed by atoms with Crippen LogP contribution in [0.4, 0.5) is 5.69 Å².